The van der Waals surface area contributed by atoms with E-state index in [-0.39, 0.29) is 11.8 Å². The van der Waals surface area contributed by atoms with Crippen molar-refractivity contribution in [3.05, 3.63) is 102 Å². The van der Waals surface area contributed by atoms with Gasteiger partial charge in [-0.05, 0) is 56.1 Å². The maximum atomic E-state index is 13.3. The summed E-state index contributed by atoms with van der Waals surface area (Å²) in [6.07, 6.45) is 10.9. The number of carbonyl (C=O) groups is 1. The molecule has 0 spiro atoms. The third kappa shape index (κ3) is 4.85. The number of likely N-dealkylation sites (tertiary alicyclic amines) is 1. The minimum atomic E-state index is -0.268. The van der Waals surface area contributed by atoms with E-state index in [1.165, 1.54) is 5.56 Å². The van der Waals surface area contributed by atoms with Gasteiger partial charge >= 0.3 is 0 Å². The Kier molecular flexibility index (Phi) is 6.20. The van der Waals surface area contributed by atoms with Crippen molar-refractivity contribution >= 4 is 17.4 Å². The molecule has 1 aliphatic rings. The highest BCUT2D eigenvalue weighted by Gasteiger charge is 2.26. The molecule has 9 heteroatoms. The first kappa shape index (κ1) is 23.1. The van der Waals surface area contributed by atoms with Crippen LogP contribution in [0.25, 0.3) is 11.3 Å². The molecule has 1 amide bonds. The molecule has 9 nitrogen and oxygen atoms in total. The van der Waals surface area contributed by atoms with Gasteiger partial charge in [0.2, 0.25) is 0 Å². The van der Waals surface area contributed by atoms with Crippen molar-refractivity contribution in [2.45, 2.75) is 32.2 Å². The van der Waals surface area contributed by atoms with E-state index in [1.54, 1.807) is 35.4 Å². The molecule has 5 aromatic rings. The van der Waals surface area contributed by atoms with Gasteiger partial charge in [0.1, 0.15) is 11.4 Å². The second kappa shape index (κ2) is 9.94. The fourth-order valence-corrected chi connectivity index (χ4v) is 4.93. The van der Waals surface area contributed by atoms with E-state index in [1.807, 2.05) is 47.3 Å². The van der Waals surface area contributed by atoms with Crippen LogP contribution in [0, 0.1) is 6.92 Å². The molecule has 1 saturated heterocycles. The molecule has 0 radical (unpaired) electrons. The molecule has 1 aliphatic heterocycles. The quantitative estimate of drug-likeness (QED) is 0.381. The molecule has 6 rings (SSSR count). The molecule has 1 aromatic carbocycles. The van der Waals surface area contributed by atoms with Crippen molar-refractivity contribution in [1.82, 2.24) is 34.3 Å². The number of hydrogen-bond acceptors (Lipinski definition) is 6. The second-order valence-electron chi connectivity index (χ2n) is 9.54. The normalized spacial score (nSPS) is 16.2. The standard InChI is InChI=1S/C28H28N8O/c1-20-7-9-23(10-8-20)36-26(32-28(37)24-17-31-35-14-4-12-30-27(24)35)15-25(33-36)22-6-3-13-34(19-22)18-21-5-2-11-29-16-21/h2,4-5,7-12,14-17,22H,3,6,13,18-19H2,1H3,(H,32,37). The first-order chi connectivity index (χ1) is 18.1. The summed E-state index contributed by atoms with van der Waals surface area (Å²) in [4.78, 5) is 24.3. The molecular weight excluding hydrogens is 464 g/mol. The van der Waals surface area contributed by atoms with E-state index in [4.69, 9.17) is 5.10 Å². The number of pyridine rings is 1. The van der Waals surface area contributed by atoms with E-state index in [0.29, 0.717) is 17.0 Å². The van der Waals surface area contributed by atoms with Gasteiger partial charge in [-0.15, -0.1) is 0 Å². The molecule has 0 aliphatic carbocycles. The number of rotatable bonds is 6. The zero-order chi connectivity index (χ0) is 25.2. The molecule has 1 fully saturated rings. The van der Waals surface area contributed by atoms with E-state index < -0.39 is 0 Å². The van der Waals surface area contributed by atoms with Gasteiger partial charge in [-0.1, -0.05) is 23.8 Å². The monoisotopic (exact) mass is 492 g/mol. The van der Waals surface area contributed by atoms with E-state index in [2.05, 4.69) is 38.3 Å². The number of anilines is 1. The Labute approximate surface area is 214 Å². The molecule has 186 valence electrons. The predicted molar refractivity (Wildman–Crippen MR) is 141 cm³/mol. The molecule has 4 aromatic heterocycles. The lowest BCUT2D eigenvalue weighted by Gasteiger charge is -2.31. The predicted octanol–water partition coefficient (Wildman–Crippen LogP) is 4.25. The summed E-state index contributed by atoms with van der Waals surface area (Å²) in [5.74, 6) is 0.630. The molecule has 37 heavy (non-hydrogen) atoms. The molecule has 1 unspecified atom stereocenters. The summed E-state index contributed by atoms with van der Waals surface area (Å²) < 4.78 is 3.42. The van der Waals surface area contributed by atoms with Gasteiger partial charge in [0.05, 0.1) is 17.6 Å². The van der Waals surface area contributed by atoms with Gasteiger partial charge in [0.25, 0.3) is 5.91 Å². The van der Waals surface area contributed by atoms with Crippen LogP contribution < -0.4 is 5.32 Å². The first-order valence-electron chi connectivity index (χ1n) is 12.5. The minimum absolute atomic E-state index is 0.268. The Morgan fingerprint density at radius 1 is 1.11 bits per heavy atom. The smallest absolute Gasteiger partial charge is 0.262 e. The molecule has 1 atom stereocenters. The number of nitrogens with one attached hydrogen (secondary N) is 1. The number of piperidine rings is 1. The summed E-state index contributed by atoms with van der Waals surface area (Å²) in [7, 11) is 0. The van der Waals surface area contributed by atoms with E-state index >= 15 is 0 Å². The van der Waals surface area contributed by atoms with Crippen LogP contribution in [-0.2, 0) is 6.54 Å². The van der Waals surface area contributed by atoms with Gasteiger partial charge in [0.15, 0.2) is 5.65 Å². The van der Waals surface area contributed by atoms with Crippen LogP contribution in [0.15, 0.2) is 79.5 Å². The van der Waals surface area contributed by atoms with Gasteiger partial charge < -0.3 is 5.32 Å². The number of benzene rings is 1. The number of fused-ring (bicyclic) bond motifs is 1. The number of hydrogen-bond donors (Lipinski definition) is 1. The van der Waals surface area contributed by atoms with Gasteiger partial charge in [-0.25, -0.2) is 14.2 Å². The Morgan fingerprint density at radius 3 is 2.84 bits per heavy atom. The van der Waals surface area contributed by atoms with Crippen LogP contribution >= 0.6 is 0 Å². The zero-order valence-electron chi connectivity index (χ0n) is 20.7. The number of amides is 1. The lowest BCUT2D eigenvalue weighted by molar-refractivity contribution is 0.102. The van der Waals surface area contributed by atoms with Crippen molar-refractivity contribution in [2.24, 2.45) is 0 Å². The first-order valence-corrected chi connectivity index (χ1v) is 12.5. The Balaban J connectivity index is 1.29. The molecular formula is C28H28N8O. The average Bonchev–Trinajstić information content (AvgIpc) is 3.55. The minimum Gasteiger partial charge on any atom is -0.306 e. The maximum absolute atomic E-state index is 13.3. The van der Waals surface area contributed by atoms with Gasteiger partial charge in [0, 0.05) is 49.9 Å². The summed E-state index contributed by atoms with van der Waals surface area (Å²) in [5.41, 5.74) is 5.18. The third-order valence-corrected chi connectivity index (χ3v) is 6.83. The Hall–Kier alpha value is -4.37. The van der Waals surface area contributed by atoms with Crippen LogP contribution in [0.5, 0.6) is 0 Å². The average molecular weight is 493 g/mol. The number of aryl methyl sites for hydroxylation is 1. The van der Waals surface area contributed by atoms with Crippen LogP contribution in [0.4, 0.5) is 5.82 Å². The van der Waals surface area contributed by atoms with Gasteiger partial charge in [-0.2, -0.15) is 10.2 Å². The van der Waals surface area contributed by atoms with E-state index in [9.17, 15) is 4.79 Å². The molecule has 1 N–H and O–H groups in total. The summed E-state index contributed by atoms with van der Waals surface area (Å²) in [6, 6.07) is 16.0. The highest BCUT2D eigenvalue weighted by molar-refractivity contribution is 6.07. The Bertz CT molecular complexity index is 1520. The lowest BCUT2D eigenvalue weighted by atomic mass is 9.94. The molecule has 0 bridgehead atoms. The number of aromatic nitrogens is 6. The van der Waals surface area contributed by atoms with Crippen molar-refractivity contribution in [1.29, 1.82) is 0 Å². The van der Waals surface area contributed by atoms with Crippen molar-refractivity contribution < 1.29 is 4.79 Å². The fraction of sp³-hybridized carbons (Fsp3) is 0.250. The summed E-state index contributed by atoms with van der Waals surface area (Å²) in [5, 5.41) is 12.3. The largest absolute Gasteiger partial charge is 0.306 e. The van der Waals surface area contributed by atoms with Crippen LogP contribution in [0.3, 0.4) is 0 Å². The van der Waals surface area contributed by atoms with Crippen LogP contribution in [0.2, 0.25) is 0 Å². The van der Waals surface area contributed by atoms with E-state index in [0.717, 1.165) is 49.4 Å². The highest BCUT2D eigenvalue weighted by Crippen LogP contribution is 2.30. The van der Waals surface area contributed by atoms with Crippen molar-refractivity contribution in [2.75, 3.05) is 18.4 Å². The molecule has 5 heterocycles. The SMILES string of the molecule is Cc1ccc(-n2nc(C3CCCN(Cc4cccnc4)C3)cc2NC(=O)c2cnn3cccnc23)cc1. The topological polar surface area (TPSA) is 93.2 Å². The second-order valence-corrected chi connectivity index (χ2v) is 9.54. The van der Waals surface area contributed by atoms with Crippen LogP contribution in [0.1, 0.15) is 45.9 Å². The molecule has 0 saturated carbocycles. The third-order valence-electron chi connectivity index (χ3n) is 6.83. The number of nitrogens with zero attached hydrogens (tertiary/aromatic N) is 7. The summed E-state index contributed by atoms with van der Waals surface area (Å²) >= 11 is 0. The highest BCUT2D eigenvalue weighted by atomic mass is 16.1. The van der Waals surface area contributed by atoms with Crippen LogP contribution in [-0.4, -0.2) is 53.3 Å². The Morgan fingerprint density at radius 2 is 2.00 bits per heavy atom. The van der Waals surface area contributed by atoms with Crippen molar-refractivity contribution in [3.63, 3.8) is 0 Å². The van der Waals surface area contributed by atoms with Crippen molar-refractivity contribution in [3.8, 4) is 5.69 Å². The zero-order valence-corrected chi connectivity index (χ0v) is 20.7. The maximum Gasteiger partial charge on any atom is 0.262 e. The fourth-order valence-electron chi connectivity index (χ4n) is 4.93. The lowest BCUT2D eigenvalue weighted by Crippen LogP contribution is -2.34. The van der Waals surface area contributed by atoms with Gasteiger partial charge in [-0.3, -0.25) is 14.7 Å². The summed E-state index contributed by atoms with van der Waals surface area (Å²) in [6.45, 7) is 4.88. The number of carbonyl (C=O) groups excluding carboxylic acids is 1.